The third-order valence-corrected chi connectivity index (χ3v) is 2.52. The van der Waals surface area contributed by atoms with E-state index in [-0.39, 0.29) is 19.1 Å². The van der Waals surface area contributed by atoms with Gasteiger partial charge in [0, 0.05) is 19.1 Å². The number of hydrogen-bond donors (Lipinski definition) is 2. The molecule has 0 spiro atoms. The first-order chi connectivity index (χ1) is 8.75. The first-order valence-corrected chi connectivity index (χ1v) is 6.76. The molecule has 0 unspecified atom stereocenters. The van der Waals surface area contributed by atoms with Crippen molar-refractivity contribution in [2.24, 2.45) is 5.73 Å². The summed E-state index contributed by atoms with van der Waals surface area (Å²) in [6, 6.07) is -0.399. The second-order valence-corrected chi connectivity index (χ2v) is 5.38. The maximum atomic E-state index is 12.0. The Morgan fingerprint density at radius 3 is 2.16 bits per heavy atom. The summed E-state index contributed by atoms with van der Waals surface area (Å²) in [5, 5.41) is 2.80. The van der Waals surface area contributed by atoms with Crippen molar-refractivity contribution in [1.29, 1.82) is 0 Å². The molecule has 0 heterocycles. The van der Waals surface area contributed by atoms with E-state index in [4.69, 9.17) is 10.5 Å². The summed E-state index contributed by atoms with van der Waals surface area (Å²) in [5.41, 5.74) is 4.80. The third-order valence-electron chi connectivity index (χ3n) is 2.52. The summed E-state index contributed by atoms with van der Waals surface area (Å²) in [5.74, 6) is 0. The average Bonchev–Trinajstić information content (AvgIpc) is 2.30. The van der Waals surface area contributed by atoms with Crippen molar-refractivity contribution in [3.63, 3.8) is 0 Å². The molecule has 0 radical (unpaired) electrons. The zero-order valence-electron chi connectivity index (χ0n) is 12.7. The van der Waals surface area contributed by atoms with E-state index in [1.807, 2.05) is 13.8 Å². The molecule has 3 N–H and O–H groups in total. The Kier molecular flexibility index (Phi) is 7.44. The minimum Gasteiger partial charge on any atom is -0.443 e. The van der Waals surface area contributed by atoms with Gasteiger partial charge in [0.25, 0.3) is 0 Å². The van der Waals surface area contributed by atoms with Gasteiger partial charge >= 0.3 is 12.1 Å². The van der Waals surface area contributed by atoms with Crippen LogP contribution >= 0.6 is 0 Å². The molecule has 0 atom stereocenters. The van der Waals surface area contributed by atoms with Gasteiger partial charge in [0.2, 0.25) is 0 Å². The van der Waals surface area contributed by atoms with E-state index in [0.29, 0.717) is 0 Å². The standard InChI is InChI=1S/C13H27N3O3/c1-6-10(7-2)15-11(17)16(9-8-14)12(18)19-13(3,4)5/h10H,6-9,14H2,1-5H3,(H,15,17). The Balaban J connectivity index is 4.70. The molecular weight excluding hydrogens is 246 g/mol. The highest BCUT2D eigenvalue weighted by Gasteiger charge is 2.27. The monoisotopic (exact) mass is 273 g/mol. The second kappa shape index (κ2) is 7.99. The van der Waals surface area contributed by atoms with E-state index in [9.17, 15) is 9.59 Å². The first kappa shape index (κ1) is 17.7. The highest BCUT2D eigenvalue weighted by molar-refractivity contribution is 5.91. The van der Waals surface area contributed by atoms with Crippen LogP contribution < -0.4 is 11.1 Å². The van der Waals surface area contributed by atoms with Crippen molar-refractivity contribution in [1.82, 2.24) is 10.2 Å². The highest BCUT2D eigenvalue weighted by Crippen LogP contribution is 2.10. The molecule has 0 aromatic heterocycles. The normalized spacial score (nSPS) is 11.3. The molecule has 19 heavy (non-hydrogen) atoms. The number of hydrogen-bond acceptors (Lipinski definition) is 4. The van der Waals surface area contributed by atoms with Gasteiger partial charge in [-0.05, 0) is 33.6 Å². The largest absolute Gasteiger partial charge is 0.443 e. The van der Waals surface area contributed by atoms with Crippen molar-refractivity contribution in [3.8, 4) is 0 Å². The molecule has 0 bridgehead atoms. The summed E-state index contributed by atoms with van der Waals surface area (Å²) in [6.45, 7) is 9.57. The molecule has 0 aromatic rings. The van der Waals surface area contributed by atoms with Gasteiger partial charge in [-0.25, -0.2) is 14.5 Å². The van der Waals surface area contributed by atoms with Crippen LogP contribution in [0.2, 0.25) is 0 Å². The van der Waals surface area contributed by atoms with Crippen LogP contribution in [-0.4, -0.2) is 41.8 Å². The van der Waals surface area contributed by atoms with Gasteiger partial charge in [-0.3, -0.25) is 0 Å². The van der Waals surface area contributed by atoms with Crippen LogP contribution in [0.25, 0.3) is 0 Å². The van der Waals surface area contributed by atoms with E-state index in [2.05, 4.69) is 5.32 Å². The van der Waals surface area contributed by atoms with E-state index in [0.717, 1.165) is 17.7 Å². The zero-order valence-corrected chi connectivity index (χ0v) is 12.7. The summed E-state index contributed by atoms with van der Waals surface area (Å²) in [4.78, 5) is 25.0. The van der Waals surface area contributed by atoms with Crippen LogP contribution in [0.4, 0.5) is 9.59 Å². The van der Waals surface area contributed by atoms with E-state index in [1.54, 1.807) is 20.8 Å². The molecule has 0 saturated heterocycles. The molecule has 0 aliphatic carbocycles. The summed E-state index contributed by atoms with van der Waals surface area (Å²) in [7, 11) is 0. The number of nitrogens with zero attached hydrogens (tertiary/aromatic N) is 1. The molecule has 0 fully saturated rings. The molecule has 0 aromatic carbocycles. The summed E-state index contributed by atoms with van der Waals surface area (Å²) < 4.78 is 5.19. The third kappa shape index (κ3) is 7.00. The fourth-order valence-electron chi connectivity index (χ4n) is 1.47. The van der Waals surface area contributed by atoms with Gasteiger partial charge in [0.1, 0.15) is 5.60 Å². The van der Waals surface area contributed by atoms with Crippen LogP contribution in [0.1, 0.15) is 47.5 Å². The molecular formula is C13H27N3O3. The zero-order chi connectivity index (χ0) is 15.1. The topological polar surface area (TPSA) is 84.7 Å². The van der Waals surface area contributed by atoms with Gasteiger partial charge < -0.3 is 15.8 Å². The van der Waals surface area contributed by atoms with Crippen molar-refractivity contribution < 1.29 is 14.3 Å². The van der Waals surface area contributed by atoms with Gasteiger partial charge in [0.05, 0.1) is 0 Å². The molecule has 112 valence electrons. The SMILES string of the molecule is CCC(CC)NC(=O)N(CCN)C(=O)OC(C)(C)C. The lowest BCUT2D eigenvalue weighted by atomic mass is 10.2. The Hall–Kier alpha value is -1.30. The van der Waals surface area contributed by atoms with Crippen LogP contribution in [0.3, 0.4) is 0 Å². The Bertz CT molecular complexity index is 296. The summed E-state index contributed by atoms with van der Waals surface area (Å²) in [6.07, 6.45) is 0.960. The number of urea groups is 1. The quantitative estimate of drug-likeness (QED) is 0.803. The average molecular weight is 273 g/mol. The number of carbonyl (C=O) groups is 2. The number of rotatable bonds is 5. The van der Waals surface area contributed by atoms with Crippen LogP contribution in [-0.2, 0) is 4.74 Å². The van der Waals surface area contributed by atoms with E-state index >= 15 is 0 Å². The fourth-order valence-corrected chi connectivity index (χ4v) is 1.47. The van der Waals surface area contributed by atoms with Crippen LogP contribution in [0.15, 0.2) is 0 Å². The van der Waals surface area contributed by atoms with Gasteiger partial charge in [0.15, 0.2) is 0 Å². The van der Waals surface area contributed by atoms with E-state index < -0.39 is 17.7 Å². The Morgan fingerprint density at radius 1 is 1.26 bits per heavy atom. The predicted molar refractivity (Wildman–Crippen MR) is 74.9 cm³/mol. The Morgan fingerprint density at radius 2 is 1.79 bits per heavy atom. The molecule has 0 aliphatic rings. The lowest BCUT2D eigenvalue weighted by molar-refractivity contribution is 0.0323. The molecule has 0 saturated carbocycles. The number of ether oxygens (including phenoxy) is 1. The number of imide groups is 1. The van der Waals surface area contributed by atoms with Crippen molar-refractivity contribution in [2.75, 3.05) is 13.1 Å². The van der Waals surface area contributed by atoms with E-state index in [1.165, 1.54) is 0 Å². The lowest BCUT2D eigenvalue weighted by Gasteiger charge is -2.27. The molecule has 6 heteroatoms. The van der Waals surface area contributed by atoms with Crippen LogP contribution in [0.5, 0.6) is 0 Å². The second-order valence-electron chi connectivity index (χ2n) is 5.38. The first-order valence-electron chi connectivity index (χ1n) is 6.76. The Labute approximate surface area is 115 Å². The van der Waals surface area contributed by atoms with Crippen molar-refractivity contribution >= 4 is 12.1 Å². The number of nitrogens with two attached hydrogens (primary N) is 1. The molecule has 3 amide bonds. The maximum Gasteiger partial charge on any atom is 0.418 e. The number of nitrogens with one attached hydrogen (secondary N) is 1. The molecule has 0 rings (SSSR count). The fraction of sp³-hybridized carbons (Fsp3) is 0.846. The molecule has 6 nitrogen and oxygen atoms in total. The van der Waals surface area contributed by atoms with Gasteiger partial charge in [-0.2, -0.15) is 0 Å². The van der Waals surface area contributed by atoms with Gasteiger partial charge in [-0.1, -0.05) is 13.8 Å². The predicted octanol–water partition coefficient (Wildman–Crippen LogP) is 2.08. The van der Waals surface area contributed by atoms with Crippen molar-refractivity contribution in [3.05, 3.63) is 0 Å². The number of amides is 3. The van der Waals surface area contributed by atoms with Crippen molar-refractivity contribution in [2.45, 2.75) is 59.1 Å². The lowest BCUT2D eigenvalue weighted by Crippen LogP contribution is -2.50. The number of carbonyl (C=O) groups excluding carboxylic acids is 2. The minimum absolute atomic E-state index is 0.0511. The molecule has 0 aliphatic heterocycles. The van der Waals surface area contributed by atoms with Crippen LogP contribution in [0, 0.1) is 0 Å². The van der Waals surface area contributed by atoms with Gasteiger partial charge in [-0.15, -0.1) is 0 Å². The minimum atomic E-state index is -0.665. The smallest absolute Gasteiger partial charge is 0.418 e. The summed E-state index contributed by atoms with van der Waals surface area (Å²) >= 11 is 0. The highest BCUT2D eigenvalue weighted by atomic mass is 16.6. The maximum absolute atomic E-state index is 12.0.